The molecule has 0 radical (unpaired) electrons. The van der Waals surface area contributed by atoms with Gasteiger partial charge in [0.15, 0.2) is 0 Å². The molecule has 0 aromatic heterocycles. The highest BCUT2D eigenvalue weighted by atomic mass is 16.5. The maximum atomic E-state index is 12.1. The summed E-state index contributed by atoms with van der Waals surface area (Å²) in [5, 5.41) is 6.32. The number of hydrogen-bond donors (Lipinski definition) is 2. The Labute approximate surface area is 185 Å². The highest BCUT2D eigenvalue weighted by Crippen LogP contribution is 2.28. The molecule has 0 saturated heterocycles. The lowest BCUT2D eigenvalue weighted by Gasteiger charge is -2.10. The zero-order chi connectivity index (χ0) is 22.8. The summed E-state index contributed by atoms with van der Waals surface area (Å²) in [5.74, 6) is -0.222. The number of carbonyl (C=O) groups is 2. The van der Waals surface area contributed by atoms with Crippen LogP contribution >= 0.6 is 0 Å². The van der Waals surface area contributed by atoms with E-state index in [-0.39, 0.29) is 0 Å². The molecule has 0 spiro atoms. The third-order valence-electron chi connectivity index (χ3n) is 4.35. The maximum Gasteiger partial charge on any atom is 0.329 e. The Morgan fingerprint density at radius 3 is 2.44 bits per heavy atom. The van der Waals surface area contributed by atoms with Gasteiger partial charge in [0.25, 0.3) is 0 Å². The topological polar surface area (TPSA) is 98.2 Å². The third-order valence-corrected chi connectivity index (χ3v) is 4.35. The Morgan fingerprint density at radius 1 is 0.875 bits per heavy atom. The normalized spacial score (nSPS) is 10.4. The van der Waals surface area contributed by atoms with E-state index in [2.05, 4.69) is 15.8 Å². The van der Waals surface area contributed by atoms with Crippen molar-refractivity contribution in [3.63, 3.8) is 0 Å². The van der Waals surface area contributed by atoms with Gasteiger partial charge in [0.2, 0.25) is 0 Å². The van der Waals surface area contributed by atoms with Crippen LogP contribution in [0, 0.1) is 0 Å². The van der Waals surface area contributed by atoms with Gasteiger partial charge in [-0.25, -0.2) is 5.43 Å². The van der Waals surface area contributed by atoms with Crippen LogP contribution < -0.4 is 25.0 Å². The molecule has 0 fully saturated rings. The molecule has 3 rings (SSSR count). The van der Waals surface area contributed by atoms with Gasteiger partial charge in [-0.05, 0) is 35.4 Å². The minimum absolute atomic E-state index is 0.334. The van der Waals surface area contributed by atoms with Gasteiger partial charge in [0.1, 0.15) is 23.9 Å². The number of hydrazone groups is 1. The van der Waals surface area contributed by atoms with Crippen LogP contribution in [0.25, 0.3) is 0 Å². The van der Waals surface area contributed by atoms with Gasteiger partial charge in [-0.2, -0.15) is 5.10 Å². The molecule has 0 aliphatic heterocycles. The van der Waals surface area contributed by atoms with Crippen molar-refractivity contribution < 1.29 is 23.8 Å². The lowest BCUT2D eigenvalue weighted by molar-refractivity contribution is -0.136. The van der Waals surface area contributed by atoms with Gasteiger partial charge in [-0.15, -0.1) is 0 Å². The van der Waals surface area contributed by atoms with Gasteiger partial charge >= 0.3 is 11.8 Å². The summed E-state index contributed by atoms with van der Waals surface area (Å²) in [5.41, 5.74) is 4.29. The zero-order valence-corrected chi connectivity index (χ0v) is 17.7. The zero-order valence-electron chi connectivity index (χ0n) is 17.7. The van der Waals surface area contributed by atoms with E-state index in [0.29, 0.717) is 35.1 Å². The molecule has 164 valence electrons. The number of nitrogens with one attached hydrogen (secondary N) is 2. The first-order valence-corrected chi connectivity index (χ1v) is 9.72. The molecule has 2 N–H and O–H groups in total. The fraction of sp³-hybridized carbons (Fsp3) is 0.125. The first-order chi connectivity index (χ1) is 15.6. The fourth-order valence-corrected chi connectivity index (χ4v) is 2.72. The van der Waals surface area contributed by atoms with Gasteiger partial charge in [-0.1, -0.05) is 42.5 Å². The quantitative estimate of drug-likeness (QED) is 0.322. The summed E-state index contributed by atoms with van der Waals surface area (Å²) in [6.45, 7) is 0.438. The lowest BCUT2D eigenvalue weighted by atomic mass is 10.2. The second-order valence-electron chi connectivity index (χ2n) is 6.57. The average Bonchev–Trinajstić information content (AvgIpc) is 2.83. The van der Waals surface area contributed by atoms with Gasteiger partial charge in [0.05, 0.1) is 26.1 Å². The average molecular weight is 433 g/mol. The van der Waals surface area contributed by atoms with Gasteiger partial charge in [-0.3, -0.25) is 9.59 Å². The first kappa shape index (κ1) is 22.4. The van der Waals surface area contributed by atoms with E-state index in [1.54, 1.807) is 30.3 Å². The highest BCUT2D eigenvalue weighted by Gasteiger charge is 2.15. The van der Waals surface area contributed by atoms with E-state index in [4.69, 9.17) is 14.2 Å². The van der Waals surface area contributed by atoms with Crippen LogP contribution in [0.1, 0.15) is 11.1 Å². The Kier molecular flexibility index (Phi) is 7.80. The number of hydrogen-bond acceptors (Lipinski definition) is 6. The Bertz CT molecular complexity index is 1100. The summed E-state index contributed by atoms with van der Waals surface area (Å²) in [4.78, 5) is 24.2. The maximum absolute atomic E-state index is 12.1. The molecule has 3 aromatic carbocycles. The van der Waals surface area contributed by atoms with Crippen molar-refractivity contribution in [1.82, 2.24) is 5.43 Å². The number of nitrogens with zero attached hydrogens (tertiary/aromatic N) is 1. The van der Waals surface area contributed by atoms with Crippen LogP contribution in [-0.4, -0.2) is 32.2 Å². The number of rotatable bonds is 8. The molecular formula is C24H23N3O5. The number of amides is 2. The molecule has 0 aliphatic carbocycles. The fourth-order valence-electron chi connectivity index (χ4n) is 2.72. The van der Waals surface area contributed by atoms with Gasteiger partial charge < -0.3 is 19.5 Å². The van der Waals surface area contributed by atoms with Crippen molar-refractivity contribution in [2.24, 2.45) is 5.10 Å². The van der Waals surface area contributed by atoms with Crippen LogP contribution in [0.5, 0.6) is 17.2 Å². The largest absolute Gasteiger partial charge is 0.497 e. The highest BCUT2D eigenvalue weighted by molar-refractivity contribution is 6.39. The molecule has 2 amide bonds. The number of anilines is 1. The van der Waals surface area contributed by atoms with Gasteiger partial charge in [0, 0.05) is 6.07 Å². The number of benzene rings is 3. The molecule has 0 aliphatic rings. The predicted molar refractivity (Wildman–Crippen MR) is 121 cm³/mol. The van der Waals surface area contributed by atoms with Crippen LogP contribution in [0.3, 0.4) is 0 Å². The van der Waals surface area contributed by atoms with E-state index < -0.39 is 11.8 Å². The summed E-state index contributed by atoms with van der Waals surface area (Å²) in [6, 6.07) is 21.8. The van der Waals surface area contributed by atoms with E-state index in [9.17, 15) is 9.59 Å². The molecule has 8 heteroatoms. The van der Waals surface area contributed by atoms with Crippen molar-refractivity contribution in [2.45, 2.75) is 6.61 Å². The molecule has 0 heterocycles. The molecule has 0 unspecified atom stereocenters. The lowest BCUT2D eigenvalue weighted by Crippen LogP contribution is -2.32. The second-order valence-corrected chi connectivity index (χ2v) is 6.57. The third kappa shape index (κ3) is 6.33. The minimum Gasteiger partial charge on any atom is -0.497 e. The number of methoxy groups -OCH3 is 2. The van der Waals surface area contributed by atoms with Crippen molar-refractivity contribution >= 4 is 23.7 Å². The molecule has 8 nitrogen and oxygen atoms in total. The van der Waals surface area contributed by atoms with Crippen molar-refractivity contribution in [2.75, 3.05) is 19.5 Å². The van der Waals surface area contributed by atoms with Crippen LogP contribution in [-0.2, 0) is 16.2 Å². The number of carbonyl (C=O) groups excluding carboxylic acids is 2. The van der Waals surface area contributed by atoms with Crippen molar-refractivity contribution in [3.8, 4) is 17.2 Å². The van der Waals surface area contributed by atoms with Crippen LogP contribution in [0.2, 0.25) is 0 Å². The molecule has 0 bridgehead atoms. The standard InChI is InChI=1S/C24H23N3O5/c1-30-19-11-12-21(22(14-19)31-2)26-23(28)24(29)27-25-15-18-9-6-10-20(13-18)32-16-17-7-4-3-5-8-17/h3-15H,16H2,1-2H3,(H,26,28)(H,27,29)/b25-15-. The van der Waals surface area contributed by atoms with Crippen molar-refractivity contribution in [3.05, 3.63) is 83.9 Å². The summed E-state index contributed by atoms with van der Waals surface area (Å²) in [6.07, 6.45) is 1.43. The van der Waals surface area contributed by atoms with E-state index >= 15 is 0 Å². The Hall–Kier alpha value is -4.33. The van der Waals surface area contributed by atoms with Crippen LogP contribution in [0.4, 0.5) is 5.69 Å². The molecule has 32 heavy (non-hydrogen) atoms. The van der Waals surface area contributed by atoms with E-state index in [1.165, 1.54) is 20.4 Å². The van der Waals surface area contributed by atoms with E-state index in [0.717, 1.165) is 5.56 Å². The van der Waals surface area contributed by atoms with E-state index in [1.807, 2.05) is 42.5 Å². The first-order valence-electron chi connectivity index (χ1n) is 9.72. The molecular weight excluding hydrogens is 410 g/mol. The second kappa shape index (κ2) is 11.2. The molecule has 3 aromatic rings. The van der Waals surface area contributed by atoms with Crippen LogP contribution in [0.15, 0.2) is 77.9 Å². The Balaban J connectivity index is 1.54. The molecule has 0 saturated carbocycles. The number of ether oxygens (including phenoxy) is 3. The minimum atomic E-state index is -0.921. The predicted octanol–water partition coefficient (Wildman–Crippen LogP) is 3.37. The molecule has 0 atom stereocenters. The van der Waals surface area contributed by atoms with Crippen molar-refractivity contribution in [1.29, 1.82) is 0 Å². The summed E-state index contributed by atoms with van der Waals surface area (Å²) in [7, 11) is 2.97. The SMILES string of the molecule is COc1ccc(NC(=O)C(=O)N/N=C\c2cccc(OCc3ccccc3)c2)c(OC)c1. The summed E-state index contributed by atoms with van der Waals surface area (Å²) < 4.78 is 16.1. The summed E-state index contributed by atoms with van der Waals surface area (Å²) >= 11 is 0. The smallest absolute Gasteiger partial charge is 0.329 e. The Morgan fingerprint density at radius 2 is 1.69 bits per heavy atom. The monoisotopic (exact) mass is 433 g/mol.